The van der Waals surface area contributed by atoms with Crippen LogP contribution in [0.3, 0.4) is 0 Å². The molecule has 0 heterocycles. The molecule has 0 spiro atoms. The van der Waals surface area contributed by atoms with Crippen molar-refractivity contribution in [1.29, 1.82) is 0 Å². The highest BCUT2D eigenvalue weighted by Gasteiger charge is 2.52. The van der Waals surface area contributed by atoms with E-state index in [0.29, 0.717) is 5.92 Å². The van der Waals surface area contributed by atoms with Crippen LogP contribution in [-0.2, 0) is 0 Å². The Morgan fingerprint density at radius 1 is 1.29 bits per heavy atom. The van der Waals surface area contributed by atoms with Gasteiger partial charge in [0, 0.05) is 5.54 Å². The molecule has 2 nitrogen and oxygen atoms in total. The van der Waals surface area contributed by atoms with Crippen molar-refractivity contribution in [3.8, 4) is 0 Å². The second-order valence-electron chi connectivity index (χ2n) is 6.31. The molecule has 0 bridgehead atoms. The summed E-state index contributed by atoms with van der Waals surface area (Å²) in [6, 6.07) is 0. The van der Waals surface area contributed by atoms with Crippen molar-refractivity contribution in [2.24, 2.45) is 17.1 Å². The molecule has 0 aromatic heterocycles. The van der Waals surface area contributed by atoms with Gasteiger partial charge in [0.1, 0.15) is 0 Å². The molecule has 1 rings (SSSR count). The zero-order valence-corrected chi connectivity index (χ0v) is 10.2. The van der Waals surface area contributed by atoms with Gasteiger partial charge in [0.25, 0.3) is 0 Å². The fraction of sp³-hybridized carbons (Fsp3) is 1.00. The smallest absolute Gasteiger partial charge is 0.0831 e. The standard InChI is InChI=1S/C12H25NO/c1-9(2)11(5,13)12(14)7-6-10(3,4)8-12/h9,14H,6-8,13H2,1-5H3. The first-order chi connectivity index (χ1) is 6.11. The number of hydrogen-bond acceptors (Lipinski definition) is 2. The Kier molecular flexibility index (Phi) is 2.75. The minimum absolute atomic E-state index is 0.240. The van der Waals surface area contributed by atoms with Crippen molar-refractivity contribution in [3.63, 3.8) is 0 Å². The molecule has 14 heavy (non-hydrogen) atoms. The highest BCUT2D eigenvalue weighted by molar-refractivity contribution is 5.08. The molecular weight excluding hydrogens is 174 g/mol. The summed E-state index contributed by atoms with van der Waals surface area (Å²) >= 11 is 0. The van der Waals surface area contributed by atoms with Crippen LogP contribution in [0.25, 0.3) is 0 Å². The minimum Gasteiger partial charge on any atom is -0.388 e. The molecule has 0 aromatic rings. The lowest BCUT2D eigenvalue weighted by Crippen LogP contribution is -2.60. The van der Waals surface area contributed by atoms with Crippen LogP contribution in [0.15, 0.2) is 0 Å². The van der Waals surface area contributed by atoms with Gasteiger partial charge < -0.3 is 10.8 Å². The van der Waals surface area contributed by atoms with E-state index in [-0.39, 0.29) is 5.41 Å². The minimum atomic E-state index is -0.676. The second-order valence-corrected chi connectivity index (χ2v) is 6.31. The Bertz CT molecular complexity index is 220. The maximum Gasteiger partial charge on any atom is 0.0831 e. The van der Waals surface area contributed by atoms with Gasteiger partial charge in [0.2, 0.25) is 0 Å². The summed E-state index contributed by atoms with van der Waals surface area (Å²) in [4.78, 5) is 0. The van der Waals surface area contributed by atoms with Gasteiger partial charge in [-0.05, 0) is 37.5 Å². The van der Waals surface area contributed by atoms with Gasteiger partial charge in [0.05, 0.1) is 5.60 Å². The monoisotopic (exact) mass is 199 g/mol. The van der Waals surface area contributed by atoms with E-state index < -0.39 is 11.1 Å². The molecule has 0 aromatic carbocycles. The van der Waals surface area contributed by atoms with Crippen LogP contribution in [0.4, 0.5) is 0 Å². The van der Waals surface area contributed by atoms with E-state index in [2.05, 4.69) is 27.7 Å². The fourth-order valence-electron chi connectivity index (χ4n) is 2.51. The lowest BCUT2D eigenvalue weighted by Gasteiger charge is -2.43. The largest absolute Gasteiger partial charge is 0.388 e. The Labute approximate surface area is 87.9 Å². The molecule has 1 aliphatic rings. The normalized spacial score (nSPS) is 36.0. The van der Waals surface area contributed by atoms with Crippen LogP contribution < -0.4 is 5.73 Å². The fourth-order valence-corrected chi connectivity index (χ4v) is 2.51. The molecule has 84 valence electrons. The first kappa shape index (κ1) is 12.0. The molecule has 0 saturated heterocycles. The van der Waals surface area contributed by atoms with E-state index in [0.717, 1.165) is 19.3 Å². The lowest BCUT2D eigenvalue weighted by molar-refractivity contribution is -0.0490. The summed E-state index contributed by atoms with van der Waals surface area (Å²) < 4.78 is 0. The molecule has 2 heteroatoms. The zero-order chi connectivity index (χ0) is 11.2. The van der Waals surface area contributed by atoms with E-state index in [1.54, 1.807) is 0 Å². The van der Waals surface area contributed by atoms with Crippen molar-refractivity contribution in [3.05, 3.63) is 0 Å². The summed E-state index contributed by atoms with van der Waals surface area (Å²) in [6.07, 6.45) is 2.74. The SMILES string of the molecule is CC(C)C(C)(N)C1(O)CCC(C)(C)C1. The van der Waals surface area contributed by atoms with Gasteiger partial charge in [-0.3, -0.25) is 0 Å². The van der Waals surface area contributed by atoms with Crippen LogP contribution in [0.2, 0.25) is 0 Å². The van der Waals surface area contributed by atoms with Crippen molar-refractivity contribution < 1.29 is 5.11 Å². The number of aliphatic hydroxyl groups is 1. The van der Waals surface area contributed by atoms with E-state index >= 15 is 0 Å². The molecule has 0 radical (unpaired) electrons. The van der Waals surface area contributed by atoms with Crippen LogP contribution in [0, 0.1) is 11.3 Å². The van der Waals surface area contributed by atoms with Gasteiger partial charge >= 0.3 is 0 Å². The third-order valence-electron chi connectivity index (χ3n) is 4.19. The Morgan fingerprint density at radius 2 is 1.79 bits per heavy atom. The summed E-state index contributed by atoms with van der Waals surface area (Å²) in [5.74, 6) is 0.307. The average Bonchev–Trinajstić information content (AvgIpc) is 2.26. The van der Waals surface area contributed by atoms with Gasteiger partial charge in [-0.15, -0.1) is 0 Å². The third-order valence-corrected chi connectivity index (χ3v) is 4.19. The van der Waals surface area contributed by atoms with Crippen LogP contribution in [-0.4, -0.2) is 16.2 Å². The molecule has 2 atom stereocenters. The van der Waals surface area contributed by atoms with Crippen LogP contribution in [0.5, 0.6) is 0 Å². The van der Waals surface area contributed by atoms with Crippen LogP contribution in [0.1, 0.15) is 53.9 Å². The maximum atomic E-state index is 10.6. The topological polar surface area (TPSA) is 46.2 Å². The van der Waals surface area contributed by atoms with E-state index in [1.807, 2.05) is 6.92 Å². The molecule has 0 aliphatic heterocycles. The van der Waals surface area contributed by atoms with Gasteiger partial charge in [-0.2, -0.15) is 0 Å². The number of hydrogen-bond donors (Lipinski definition) is 2. The van der Waals surface area contributed by atoms with E-state index in [4.69, 9.17) is 5.73 Å². The second kappa shape index (κ2) is 3.21. The molecule has 3 N–H and O–H groups in total. The Morgan fingerprint density at radius 3 is 2.07 bits per heavy atom. The summed E-state index contributed by atoms with van der Waals surface area (Å²) in [6.45, 7) is 10.6. The molecule has 1 saturated carbocycles. The quantitative estimate of drug-likeness (QED) is 0.717. The maximum absolute atomic E-state index is 10.6. The van der Waals surface area contributed by atoms with Crippen LogP contribution >= 0.6 is 0 Å². The predicted molar refractivity (Wildman–Crippen MR) is 60.0 cm³/mol. The Hall–Kier alpha value is -0.0800. The number of nitrogens with two attached hydrogens (primary N) is 1. The van der Waals surface area contributed by atoms with E-state index in [9.17, 15) is 5.11 Å². The average molecular weight is 199 g/mol. The predicted octanol–water partition coefficient (Wildman–Crippen LogP) is 2.30. The summed E-state index contributed by atoms with van der Waals surface area (Å²) in [5.41, 5.74) is 5.36. The molecule has 2 unspecified atom stereocenters. The summed E-state index contributed by atoms with van der Waals surface area (Å²) in [7, 11) is 0. The van der Waals surface area contributed by atoms with Crippen molar-refractivity contribution in [2.45, 2.75) is 65.0 Å². The molecular formula is C12H25NO. The molecule has 1 aliphatic carbocycles. The van der Waals surface area contributed by atoms with Gasteiger partial charge in [0.15, 0.2) is 0 Å². The summed E-state index contributed by atoms with van der Waals surface area (Å²) in [5, 5.41) is 10.6. The number of rotatable bonds is 2. The van der Waals surface area contributed by atoms with Crippen molar-refractivity contribution in [2.75, 3.05) is 0 Å². The zero-order valence-electron chi connectivity index (χ0n) is 10.2. The first-order valence-corrected chi connectivity index (χ1v) is 5.62. The molecule has 0 amide bonds. The first-order valence-electron chi connectivity index (χ1n) is 5.62. The third kappa shape index (κ3) is 1.82. The molecule has 1 fully saturated rings. The van der Waals surface area contributed by atoms with E-state index in [1.165, 1.54) is 0 Å². The lowest BCUT2D eigenvalue weighted by atomic mass is 9.71. The highest BCUT2D eigenvalue weighted by atomic mass is 16.3. The Balaban J connectivity index is 2.88. The highest BCUT2D eigenvalue weighted by Crippen LogP contribution is 2.49. The van der Waals surface area contributed by atoms with Gasteiger partial charge in [-0.1, -0.05) is 27.7 Å². The van der Waals surface area contributed by atoms with Crippen molar-refractivity contribution >= 4 is 0 Å². The van der Waals surface area contributed by atoms with Crippen molar-refractivity contribution in [1.82, 2.24) is 0 Å². The van der Waals surface area contributed by atoms with Gasteiger partial charge in [-0.25, -0.2) is 0 Å².